The van der Waals surface area contributed by atoms with Gasteiger partial charge in [0.2, 0.25) is 5.91 Å². The van der Waals surface area contributed by atoms with Crippen molar-refractivity contribution >= 4 is 29.0 Å². The number of allylic oxidation sites excluding steroid dienone is 6. The summed E-state index contributed by atoms with van der Waals surface area (Å²) in [5.41, 5.74) is -0.0620. The van der Waals surface area contributed by atoms with Crippen LogP contribution in [-0.4, -0.2) is 39.7 Å². The number of phenolic OH excluding ortho intramolecular Hbond substituents is 1. The van der Waals surface area contributed by atoms with Crippen LogP contribution in [0.5, 0.6) is 5.75 Å². The third kappa shape index (κ3) is 4.69. The zero-order valence-electron chi connectivity index (χ0n) is 24.6. The maximum atomic E-state index is 14.5. The van der Waals surface area contributed by atoms with E-state index in [1.807, 2.05) is 39.8 Å². The Kier molecular flexibility index (Phi) is 7.65. The van der Waals surface area contributed by atoms with E-state index in [1.54, 1.807) is 33.8 Å². The second-order valence-corrected chi connectivity index (χ2v) is 12.4. The molecule has 40 heavy (non-hydrogen) atoms. The van der Waals surface area contributed by atoms with Gasteiger partial charge in [0.05, 0.1) is 5.56 Å². The van der Waals surface area contributed by atoms with E-state index in [0.717, 1.165) is 5.57 Å². The van der Waals surface area contributed by atoms with Crippen LogP contribution in [0.15, 0.2) is 41.0 Å². The number of hydrogen-bond donors (Lipinski definition) is 2. The Morgan fingerprint density at radius 1 is 0.975 bits per heavy atom. The fraction of sp³-hybridized carbons (Fsp3) is 0.485. The average molecular weight is 546 g/mol. The molecular formula is C33H39NO6. The molecule has 1 heterocycles. The number of Topliss-reactive ketones (excluding diaryl/α,β-unsaturated/α-hetero) is 4. The van der Waals surface area contributed by atoms with Gasteiger partial charge in [0.15, 0.2) is 23.1 Å². The predicted octanol–water partition coefficient (Wildman–Crippen LogP) is 5.49. The van der Waals surface area contributed by atoms with E-state index in [2.05, 4.69) is 5.32 Å². The Morgan fingerprint density at radius 2 is 1.62 bits per heavy atom. The standard InChI is InChI=1S/C33H39NO6/c1-15(2)9-23-27-21(8)28(36)18(5)11-16(3)10-17(4)12-19(6)29(37)26-25-22(13-20(7)30(26)38)31(39)33(27,14-24(25)35)34-32(23)40/h10-13,15-16,21,23,27,38H,9,14H2,1-8H3,(H,34,40). The van der Waals surface area contributed by atoms with E-state index in [-0.39, 0.29) is 58.0 Å². The zero-order chi connectivity index (χ0) is 29.8. The number of phenols is 1. The van der Waals surface area contributed by atoms with Crippen LogP contribution in [0.4, 0.5) is 0 Å². The highest BCUT2D eigenvalue weighted by Gasteiger charge is 2.63. The van der Waals surface area contributed by atoms with Crippen LogP contribution in [0.2, 0.25) is 0 Å². The summed E-state index contributed by atoms with van der Waals surface area (Å²) in [6, 6.07) is 1.42. The van der Waals surface area contributed by atoms with E-state index >= 15 is 0 Å². The molecule has 0 aromatic heterocycles. The number of rotatable bonds is 2. The van der Waals surface area contributed by atoms with Crippen molar-refractivity contribution in [3.63, 3.8) is 0 Å². The molecule has 1 fully saturated rings. The molecule has 5 unspecified atom stereocenters. The summed E-state index contributed by atoms with van der Waals surface area (Å²) in [7, 11) is 0. The molecule has 7 nitrogen and oxygen atoms in total. The summed E-state index contributed by atoms with van der Waals surface area (Å²) in [6.07, 6.45) is 5.52. The van der Waals surface area contributed by atoms with Crippen LogP contribution >= 0.6 is 0 Å². The Bertz CT molecular complexity index is 1440. The molecule has 1 aromatic carbocycles. The Balaban J connectivity index is 2.08. The maximum Gasteiger partial charge on any atom is 0.224 e. The zero-order valence-corrected chi connectivity index (χ0v) is 24.6. The fourth-order valence-corrected chi connectivity index (χ4v) is 7.08. The number of amides is 1. The van der Waals surface area contributed by atoms with E-state index in [9.17, 15) is 29.1 Å². The van der Waals surface area contributed by atoms with E-state index < -0.39 is 40.6 Å². The van der Waals surface area contributed by atoms with E-state index in [0.29, 0.717) is 17.6 Å². The Morgan fingerprint density at radius 3 is 2.25 bits per heavy atom. The highest BCUT2D eigenvalue weighted by atomic mass is 16.3. The first kappa shape index (κ1) is 29.4. The first-order valence-electron chi connectivity index (χ1n) is 14.0. The molecular weight excluding hydrogens is 506 g/mol. The van der Waals surface area contributed by atoms with Gasteiger partial charge in [-0.3, -0.25) is 24.0 Å². The monoisotopic (exact) mass is 545 g/mol. The van der Waals surface area contributed by atoms with Crippen LogP contribution in [0.1, 0.15) is 97.9 Å². The lowest BCUT2D eigenvalue weighted by Gasteiger charge is -2.41. The number of carbonyl (C=O) groups is 5. The molecule has 1 amide bonds. The van der Waals surface area contributed by atoms with Gasteiger partial charge in [-0.1, -0.05) is 51.5 Å². The molecule has 1 aliphatic heterocycles. The van der Waals surface area contributed by atoms with E-state index in [4.69, 9.17) is 0 Å². The quantitative estimate of drug-likeness (QED) is 0.507. The topological polar surface area (TPSA) is 118 Å². The number of aromatic hydroxyl groups is 1. The molecule has 5 rings (SSSR count). The van der Waals surface area contributed by atoms with Crippen molar-refractivity contribution in [3.8, 4) is 5.75 Å². The minimum Gasteiger partial charge on any atom is -0.507 e. The summed E-state index contributed by atoms with van der Waals surface area (Å²) < 4.78 is 0. The van der Waals surface area contributed by atoms with Crippen molar-refractivity contribution in [2.45, 2.75) is 73.8 Å². The Labute approximate surface area is 235 Å². The van der Waals surface area contributed by atoms with Gasteiger partial charge >= 0.3 is 0 Å². The normalized spacial score (nSPS) is 29.3. The van der Waals surface area contributed by atoms with Crippen LogP contribution in [0, 0.1) is 36.5 Å². The van der Waals surface area contributed by atoms with Crippen LogP contribution < -0.4 is 5.32 Å². The second-order valence-electron chi connectivity index (χ2n) is 12.4. The summed E-state index contributed by atoms with van der Waals surface area (Å²) >= 11 is 0. The molecule has 5 atom stereocenters. The van der Waals surface area contributed by atoms with Crippen molar-refractivity contribution in [3.05, 3.63) is 63.3 Å². The SMILES string of the molecule is CC1=CC(C)C=C(C)C(=O)C(C)C2C(CC(C)C)C(=O)NC23CC(=O)c2c(cc(C)c(O)c2C(=O)C(C)=C1)C3=O. The molecule has 2 N–H and O–H groups in total. The van der Waals surface area contributed by atoms with Gasteiger partial charge in [-0.15, -0.1) is 0 Å². The molecule has 1 saturated heterocycles. The first-order chi connectivity index (χ1) is 18.6. The van der Waals surface area contributed by atoms with Crippen molar-refractivity contribution in [2.75, 3.05) is 0 Å². The van der Waals surface area contributed by atoms with Crippen LogP contribution in [0.3, 0.4) is 0 Å². The number of carbonyl (C=O) groups excluding carboxylic acids is 5. The molecule has 1 aromatic rings. The summed E-state index contributed by atoms with van der Waals surface area (Å²) in [5, 5.41) is 13.9. The highest BCUT2D eigenvalue weighted by molar-refractivity contribution is 6.26. The largest absolute Gasteiger partial charge is 0.507 e. The fourth-order valence-electron chi connectivity index (χ4n) is 7.08. The van der Waals surface area contributed by atoms with Gasteiger partial charge in [-0.05, 0) is 68.7 Å². The minimum absolute atomic E-state index is 0.00177. The number of benzene rings is 1. The number of hydrogen-bond acceptors (Lipinski definition) is 6. The first-order valence-corrected chi connectivity index (χ1v) is 14.0. The van der Waals surface area contributed by atoms with Gasteiger partial charge in [-0.25, -0.2) is 0 Å². The van der Waals surface area contributed by atoms with Gasteiger partial charge in [0, 0.05) is 35.3 Å². The number of fused-ring (bicyclic) bond motifs is 7. The number of nitrogens with one attached hydrogen (secondary N) is 1. The third-order valence-electron chi connectivity index (χ3n) is 8.68. The molecule has 1 spiro atoms. The molecule has 4 aliphatic rings. The van der Waals surface area contributed by atoms with E-state index in [1.165, 1.54) is 6.07 Å². The van der Waals surface area contributed by atoms with Gasteiger partial charge in [0.25, 0.3) is 0 Å². The number of aryl methyl sites for hydroxylation is 1. The lowest BCUT2D eigenvalue weighted by molar-refractivity contribution is -0.124. The van der Waals surface area contributed by atoms with Gasteiger partial charge in [-0.2, -0.15) is 0 Å². The van der Waals surface area contributed by atoms with Crippen LogP contribution in [-0.2, 0) is 9.59 Å². The summed E-state index contributed by atoms with van der Waals surface area (Å²) in [6.45, 7) is 14.4. The highest BCUT2D eigenvalue weighted by Crippen LogP contribution is 2.49. The second kappa shape index (κ2) is 10.4. The average Bonchev–Trinajstić information content (AvgIpc) is 3.12. The number of ketones is 4. The molecule has 7 heteroatoms. The van der Waals surface area contributed by atoms with Crippen molar-refractivity contribution in [1.29, 1.82) is 0 Å². The molecule has 0 radical (unpaired) electrons. The van der Waals surface area contributed by atoms with Crippen LogP contribution in [0.25, 0.3) is 0 Å². The van der Waals surface area contributed by atoms with Gasteiger partial charge < -0.3 is 10.4 Å². The van der Waals surface area contributed by atoms with Crippen molar-refractivity contribution in [2.24, 2.45) is 29.6 Å². The molecule has 212 valence electrons. The Hall–Kier alpha value is -3.61. The predicted molar refractivity (Wildman–Crippen MR) is 152 cm³/mol. The third-order valence-corrected chi connectivity index (χ3v) is 8.68. The lowest BCUT2D eigenvalue weighted by atomic mass is 9.61. The van der Waals surface area contributed by atoms with Crippen molar-refractivity contribution in [1.82, 2.24) is 5.32 Å². The summed E-state index contributed by atoms with van der Waals surface area (Å²) in [5.74, 6) is -4.57. The minimum atomic E-state index is -1.62. The molecule has 0 saturated carbocycles. The molecule has 4 bridgehead atoms. The lowest BCUT2D eigenvalue weighted by Crippen LogP contribution is -2.59. The maximum absolute atomic E-state index is 14.5. The molecule has 3 aliphatic carbocycles. The van der Waals surface area contributed by atoms with Crippen molar-refractivity contribution < 1.29 is 29.1 Å². The smallest absolute Gasteiger partial charge is 0.224 e. The van der Waals surface area contributed by atoms with Gasteiger partial charge in [0.1, 0.15) is 11.3 Å². The summed E-state index contributed by atoms with van der Waals surface area (Å²) in [4.78, 5) is 69.5.